The van der Waals surface area contributed by atoms with Crippen LogP contribution in [-0.4, -0.2) is 59.2 Å². The first kappa shape index (κ1) is 26.0. The lowest BCUT2D eigenvalue weighted by molar-refractivity contribution is -0.127. The Bertz CT molecular complexity index is 1820. The van der Waals surface area contributed by atoms with E-state index in [-0.39, 0.29) is 11.9 Å². The fourth-order valence-electron chi connectivity index (χ4n) is 6.13. The van der Waals surface area contributed by atoms with Crippen LogP contribution in [-0.2, 0) is 11.2 Å². The molecule has 1 aliphatic heterocycles. The van der Waals surface area contributed by atoms with Crippen LogP contribution in [0.25, 0.3) is 34.1 Å². The predicted octanol–water partition coefficient (Wildman–Crippen LogP) is 4.14. The minimum Gasteiger partial charge on any atom is -0.383 e. The monoisotopic (exact) mass is 563 g/mol. The summed E-state index contributed by atoms with van der Waals surface area (Å²) in [6.07, 6.45) is 8.38. The largest absolute Gasteiger partial charge is 0.383 e. The van der Waals surface area contributed by atoms with Crippen molar-refractivity contribution in [3.05, 3.63) is 90.7 Å². The highest BCUT2D eigenvalue weighted by atomic mass is 19.1. The molecule has 0 spiro atoms. The number of hydrogen-bond acceptors (Lipinski definition) is 7. The molecule has 2 aliphatic rings. The number of nitrogen functional groups attached to an aromatic ring is 1. The number of hydrogen-bond donors (Lipinski definition) is 2. The van der Waals surface area contributed by atoms with Crippen molar-refractivity contribution in [2.24, 2.45) is 0 Å². The van der Waals surface area contributed by atoms with Crippen molar-refractivity contribution in [3.63, 3.8) is 0 Å². The number of anilines is 1. The van der Waals surface area contributed by atoms with Gasteiger partial charge in [-0.2, -0.15) is 4.39 Å². The summed E-state index contributed by atoms with van der Waals surface area (Å²) < 4.78 is 17.1. The van der Waals surface area contributed by atoms with Crippen molar-refractivity contribution >= 4 is 22.9 Å². The number of fused-ring (bicyclic) bond motifs is 2. The first-order valence-corrected chi connectivity index (χ1v) is 14.1. The predicted molar refractivity (Wildman–Crippen MR) is 158 cm³/mol. The van der Waals surface area contributed by atoms with Gasteiger partial charge in [-0.05, 0) is 79.3 Å². The highest BCUT2D eigenvalue weighted by Crippen LogP contribution is 2.36. The van der Waals surface area contributed by atoms with Crippen LogP contribution in [0.2, 0.25) is 0 Å². The summed E-state index contributed by atoms with van der Waals surface area (Å²) in [4.78, 5) is 27.9. The molecule has 11 heteroatoms. The van der Waals surface area contributed by atoms with E-state index in [0.717, 1.165) is 44.5 Å². The molecule has 3 N–H and O–H groups in total. The maximum atomic E-state index is 13.7. The minimum absolute atomic E-state index is 0.00465. The lowest BCUT2D eigenvalue weighted by Gasteiger charge is -2.33. The Labute approximate surface area is 241 Å². The van der Waals surface area contributed by atoms with E-state index < -0.39 is 5.95 Å². The Kier molecular flexibility index (Phi) is 6.50. The number of piperidine rings is 1. The number of amides is 1. The lowest BCUT2D eigenvalue weighted by Crippen LogP contribution is -2.45. The van der Waals surface area contributed by atoms with E-state index in [2.05, 4.69) is 40.2 Å². The fourth-order valence-corrected chi connectivity index (χ4v) is 6.13. The van der Waals surface area contributed by atoms with Gasteiger partial charge in [-0.25, -0.2) is 19.6 Å². The maximum absolute atomic E-state index is 13.7. The van der Waals surface area contributed by atoms with E-state index in [1.807, 2.05) is 27.7 Å². The number of aryl methyl sites for hydroxylation is 1. The van der Waals surface area contributed by atoms with Crippen LogP contribution in [0, 0.1) is 5.95 Å². The number of rotatable bonds is 6. The lowest BCUT2D eigenvalue weighted by atomic mass is 10.0. The van der Waals surface area contributed by atoms with E-state index in [1.165, 1.54) is 34.1 Å². The van der Waals surface area contributed by atoms with Crippen molar-refractivity contribution < 1.29 is 9.18 Å². The first-order chi connectivity index (χ1) is 20.5. The zero-order chi connectivity index (χ0) is 28.8. The number of carbonyl (C=O) groups excluding carboxylic acids is 1. The second kappa shape index (κ2) is 10.5. The van der Waals surface area contributed by atoms with Crippen LogP contribution in [0.1, 0.15) is 36.4 Å². The Balaban J connectivity index is 1.24. The number of benzene rings is 1. The topological polar surface area (TPSA) is 120 Å². The number of nitrogens with one attached hydrogen (secondary N) is 1. The molecule has 7 rings (SSSR count). The molecule has 0 saturated carbocycles. The number of likely N-dealkylation sites (tertiary alicyclic amines) is 1. The normalized spacial score (nSPS) is 17.1. The van der Waals surface area contributed by atoms with Gasteiger partial charge in [0.15, 0.2) is 17.3 Å². The molecule has 1 saturated heterocycles. The van der Waals surface area contributed by atoms with Crippen molar-refractivity contribution in [2.45, 2.75) is 37.8 Å². The first-order valence-electron chi connectivity index (χ1n) is 14.1. The molecule has 1 atom stereocenters. The third-order valence-corrected chi connectivity index (χ3v) is 8.24. The Morgan fingerprint density at radius 2 is 1.95 bits per heavy atom. The molecule has 10 nitrogen and oxygen atoms in total. The molecule has 212 valence electrons. The van der Waals surface area contributed by atoms with Crippen molar-refractivity contribution in [3.8, 4) is 22.9 Å². The molecule has 42 heavy (non-hydrogen) atoms. The zero-order valence-corrected chi connectivity index (χ0v) is 22.9. The van der Waals surface area contributed by atoms with Gasteiger partial charge in [0.1, 0.15) is 11.3 Å². The summed E-state index contributed by atoms with van der Waals surface area (Å²) in [5.41, 5.74) is 11.7. The average Bonchev–Trinajstić information content (AvgIpc) is 3.73. The van der Waals surface area contributed by atoms with E-state index in [4.69, 9.17) is 15.7 Å². The van der Waals surface area contributed by atoms with Gasteiger partial charge in [-0.1, -0.05) is 12.6 Å². The summed E-state index contributed by atoms with van der Waals surface area (Å²) in [5, 5.41) is 7.73. The Morgan fingerprint density at radius 3 is 2.71 bits per heavy atom. The molecule has 1 aromatic carbocycles. The van der Waals surface area contributed by atoms with Crippen molar-refractivity contribution in [2.75, 3.05) is 18.8 Å². The van der Waals surface area contributed by atoms with Crippen LogP contribution in [0.3, 0.4) is 0 Å². The highest BCUT2D eigenvalue weighted by Gasteiger charge is 2.29. The molecule has 1 amide bonds. The molecule has 1 aliphatic carbocycles. The van der Waals surface area contributed by atoms with Crippen molar-refractivity contribution in [1.29, 1.82) is 0 Å². The van der Waals surface area contributed by atoms with Gasteiger partial charge in [0.2, 0.25) is 11.9 Å². The fraction of sp³-hybridized carbons (Fsp3) is 0.258. The quantitative estimate of drug-likeness (QED) is 0.298. The second-order valence-electron chi connectivity index (χ2n) is 10.7. The van der Waals surface area contributed by atoms with Gasteiger partial charge in [0.25, 0.3) is 0 Å². The maximum Gasteiger partial charge on any atom is 0.245 e. The van der Waals surface area contributed by atoms with E-state index in [0.29, 0.717) is 40.2 Å². The number of nitrogens with two attached hydrogens (primary N) is 1. The van der Waals surface area contributed by atoms with Gasteiger partial charge < -0.3 is 16.0 Å². The molecule has 5 heterocycles. The summed E-state index contributed by atoms with van der Waals surface area (Å²) >= 11 is 0. The molecular weight excluding hydrogens is 533 g/mol. The molecule has 4 aromatic heterocycles. The SMILES string of the molecule is C=CC(=O)N1CCC(NC2CCc3cc(-n4c(-c5cccnc5N)nc5ccc(-n6ccc(F)n6)nc54)ccc32)CC1. The third kappa shape index (κ3) is 4.61. The van der Waals surface area contributed by atoms with Gasteiger partial charge in [0.05, 0.1) is 5.56 Å². The smallest absolute Gasteiger partial charge is 0.245 e. The number of nitrogens with zero attached hydrogens (tertiary/aromatic N) is 7. The average molecular weight is 564 g/mol. The van der Waals surface area contributed by atoms with Crippen molar-refractivity contribution in [1.82, 2.24) is 39.5 Å². The molecule has 0 bridgehead atoms. The molecule has 0 radical (unpaired) electrons. The zero-order valence-electron chi connectivity index (χ0n) is 22.9. The standard InChI is InChI=1S/C31H30FN9O/c1-2-28(42)39-15-11-20(12-16-39)35-24-8-5-19-18-21(6-7-22(19)24)41-30(23-4-3-14-34-29(23)33)36-25-9-10-27(37-31(25)41)40-17-13-26(32)38-40/h2-4,6-7,9-10,13-14,17-18,20,24,35H,1,5,8,11-12,15-16H2,(H2,33,34). The molecular formula is C31H30FN9O. The van der Waals surface area contributed by atoms with Crippen LogP contribution in [0.5, 0.6) is 0 Å². The van der Waals surface area contributed by atoms with Gasteiger partial charge in [0, 0.05) is 49.3 Å². The third-order valence-electron chi connectivity index (χ3n) is 8.24. The molecule has 5 aromatic rings. The van der Waals surface area contributed by atoms with E-state index in [1.54, 1.807) is 12.3 Å². The van der Waals surface area contributed by atoms with E-state index >= 15 is 0 Å². The number of carbonyl (C=O) groups is 1. The second-order valence-corrected chi connectivity index (χ2v) is 10.7. The number of halogens is 1. The Hall–Kier alpha value is -4.90. The van der Waals surface area contributed by atoms with Crippen LogP contribution in [0.4, 0.5) is 10.2 Å². The summed E-state index contributed by atoms with van der Waals surface area (Å²) in [7, 11) is 0. The molecule has 1 fully saturated rings. The van der Waals surface area contributed by atoms with Crippen LogP contribution in [0.15, 0.2) is 73.6 Å². The van der Waals surface area contributed by atoms with Gasteiger partial charge in [-0.3, -0.25) is 9.36 Å². The summed E-state index contributed by atoms with van der Waals surface area (Å²) in [6.45, 7) is 5.10. The highest BCUT2D eigenvalue weighted by molar-refractivity contribution is 5.87. The molecule has 1 unspecified atom stereocenters. The van der Waals surface area contributed by atoms with Crippen LogP contribution >= 0.6 is 0 Å². The van der Waals surface area contributed by atoms with E-state index in [9.17, 15) is 9.18 Å². The summed E-state index contributed by atoms with van der Waals surface area (Å²) in [5.74, 6) is 0.899. The van der Waals surface area contributed by atoms with Crippen LogP contribution < -0.4 is 11.1 Å². The summed E-state index contributed by atoms with van der Waals surface area (Å²) in [6, 6.07) is 15.7. The Morgan fingerprint density at radius 1 is 1.10 bits per heavy atom. The van der Waals surface area contributed by atoms with Gasteiger partial charge in [-0.15, -0.1) is 5.10 Å². The number of pyridine rings is 2. The minimum atomic E-state index is -0.577. The van der Waals surface area contributed by atoms with Gasteiger partial charge >= 0.3 is 0 Å². The number of imidazole rings is 1. The number of aromatic nitrogens is 6.